The average Bonchev–Trinajstić information content (AvgIpc) is 2.30. The summed E-state index contributed by atoms with van der Waals surface area (Å²) in [6.45, 7) is 3.41. The van der Waals surface area contributed by atoms with Crippen molar-refractivity contribution >= 4 is 5.97 Å². The molecule has 0 aliphatic carbocycles. The van der Waals surface area contributed by atoms with E-state index in [0.717, 1.165) is 5.56 Å². The Kier molecular flexibility index (Phi) is 4.31. The van der Waals surface area contributed by atoms with E-state index >= 15 is 0 Å². The summed E-state index contributed by atoms with van der Waals surface area (Å²) < 4.78 is 9.96. The molecule has 1 rings (SSSR count). The largest absolute Gasteiger partial charge is 0.479 e. The van der Waals surface area contributed by atoms with E-state index in [9.17, 15) is 4.79 Å². The Morgan fingerprint density at radius 1 is 1.50 bits per heavy atom. The number of ether oxygens (including phenoxy) is 2. The first kappa shape index (κ1) is 12.5. The number of carbonyl (C=O) groups excluding carboxylic acids is 1. The van der Waals surface area contributed by atoms with Crippen LogP contribution < -0.4 is 4.74 Å². The molecule has 1 aromatic rings. The van der Waals surface area contributed by atoms with Crippen LogP contribution in [0.1, 0.15) is 18.1 Å². The van der Waals surface area contributed by atoms with E-state index in [2.05, 4.69) is 4.74 Å². The summed E-state index contributed by atoms with van der Waals surface area (Å²) in [6, 6.07) is 5.41. The van der Waals surface area contributed by atoms with E-state index in [1.54, 1.807) is 13.0 Å². The summed E-state index contributed by atoms with van der Waals surface area (Å²) in [5.74, 6) is 0.0652. The fraction of sp³-hybridized carbons (Fsp3) is 0.417. The number of aryl methyl sites for hydroxylation is 1. The molecular formula is C12H16O4. The van der Waals surface area contributed by atoms with Gasteiger partial charge in [-0.1, -0.05) is 17.7 Å². The van der Waals surface area contributed by atoms with Crippen LogP contribution in [0.4, 0.5) is 0 Å². The molecule has 0 aromatic heterocycles. The lowest BCUT2D eigenvalue weighted by molar-refractivity contribution is -0.147. The molecule has 0 fully saturated rings. The number of hydrogen-bond donors (Lipinski definition) is 1. The molecule has 16 heavy (non-hydrogen) atoms. The van der Waals surface area contributed by atoms with Crippen molar-refractivity contribution in [3.63, 3.8) is 0 Å². The summed E-state index contributed by atoms with van der Waals surface area (Å²) in [5.41, 5.74) is 1.69. The molecule has 0 amide bonds. The number of aliphatic hydroxyl groups excluding tert-OH is 1. The lowest BCUT2D eigenvalue weighted by Gasteiger charge is -2.15. The van der Waals surface area contributed by atoms with Crippen molar-refractivity contribution < 1.29 is 19.4 Å². The van der Waals surface area contributed by atoms with Gasteiger partial charge < -0.3 is 14.6 Å². The fourth-order valence-corrected chi connectivity index (χ4v) is 1.35. The van der Waals surface area contributed by atoms with Crippen molar-refractivity contribution in [3.8, 4) is 5.75 Å². The fourth-order valence-electron chi connectivity index (χ4n) is 1.35. The minimum absolute atomic E-state index is 0.120. The number of aliphatic hydroxyl groups is 1. The van der Waals surface area contributed by atoms with Gasteiger partial charge >= 0.3 is 5.97 Å². The Morgan fingerprint density at radius 2 is 2.19 bits per heavy atom. The topological polar surface area (TPSA) is 55.8 Å². The molecule has 0 aliphatic heterocycles. The minimum atomic E-state index is -0.682. The second-order valence-electron chi connectivity index (χ2n) is 3.55. The quantitative estimate of drug-likeness (QED) is 0.786. The molecule has 0 saturated heterocycles. The monoisotopic (exact) mass is 224 g/mol. The number of hydrogen-bond acceptors (Lipinski definition) is 4. The third-order valence-corrected chi connectivity index (χ3v) is 2.22. The summed E-state index contributed by atoms with van der Waals surface area (Å²) in [7, 11) is 1.31. The molecule has 0 aliphatic rings. The molecule has 1 aromatic carbocycles. The molecule has 1 unspecified atom stereocenters. The van der Waals surface area contributed by atoms with E-state index in [1.165, 1.54) is 7.11 Å². The Bertz CT molecular complexity index is 373. The van der Waals surface area contributed by atoms with Crippen LogP contribution in [0, 0.1) is 6.92 Å². The van der Waals surface area contributed by atoms with Gasteiger partial charge in [0.25, 0.3) is 0 Å². The van der Waals surface area contributed by atoms with Gasteiger partial charge in [-0.3, -0.25) is 0 Å². The Balaban J connectivity index is 2.84. The van der Waals surface area contributed by atoms with E-state index in [4.69, 9.17) is 9.84 Å². The van der Waals surface area contributed by atoms with Crippen molar-refractivity contribution in [2.24, 2.45) is 0 Å². The van der Waals surface area contributed by atoms with Gasteiger partial charge in [0.2, 0.25) is 0 Å². The van der Waals surface area contributed by atoms with Crippen molar-refractivity contribution in [2.75, 3.05) is 7.11 Å². The number of methoxy groups -OCH3 is 1. The Morgan fingerprint density at radius 3 is 2.75 bits per heavy atom. The van der Waals surface area contributed by atoms with Crippen LogP contribution in [0.3, 0.4) is 0 Å². The Hall–Kier alpha value is -1.55. The highest BCUT2D eigenvalue weighted by Crippen LogP contribution is 2.21. The zero-order valence-corrected chi connectivity index (χ0v) is 9.69. The summed E-state index contributed by atoms with van der Waals surface area (Å²) in [6.07, 6.45) is -0.682. The smallest absolute Gasteiger partial charge is 0.346 e. The molecule has 0 heterocycles. The maximum Gasteiger partial charge on any atom is 0.346 e. The highest BCUT2D eigenvalue weighted by atomic mass is 16.6. The molecule has 0 saturated carbocycles. The first-order valence-electron chi connectivity index (χ1n) is 5.03. The third-order valence-electron chi connectivity index (χ3n) is 2.22. The lowest BCUT2D eigenvalue weighted by atomic mass is 10.1. The van der Waals surface area contributed by atoms with E-state index in [-0.39, 0.29) is 6.61 Å². The third kappa shape index (κ3) is 2.97. The van der Waals surface area contributed by atoms with Crippen LogP contribution in [-0.4, -0.2) is 24.3 Å². The van der Waals surface area contributed by atoms with Gasteiger partial charge in [-0.15, -0.1) is 0 Å². The molecule has 0 radical (unpaired) electrons. The second-order valence-corrected chi connectivity index (χ2v) is 3.55. The highest BCUT2D eigenvalue weighted by Gasteiger charge is 2.16. The van der Waals surface area contributed by atoms with Gasteiger partial charge in [0.1, 0.15) is 5.75 Å². The van der Waals surface area contributed by atoms with Gasteiger partial charge in [0.05, 0.1) is 13.7 Å². The van der Waals surface area contributed by atoms with Crippen molar-refractivity contribution in [1.82, 2.24) is 0 Å². The number of carbonyl (C=O) groups is 1. The van der Waals surface area contributed by atoms with Gasteiger partial charge in [-0.2, -0.15) is 0 Å². The molecule has 88 valence electrons. The molecular weight excluding hydrogens is 208 g/mol. The van der Waals surface area contributed by atoms with Crippen molar-refractivity contribution in [1.29, 1.82) is 0 Å². The number of esters is 1. The predicted molar refractivity (Wildman–Crippen MR) is 59.2 cm³/mol. The van der Waals surface area contributed by atoms with E-state index < -0.39 is 12.1 Å². The number of benzene rings is 1. The molecule has 0 bridgehead atoms. The first-order valence-corrected chi connectivity index (χ1v) is 5.03. The van der Waals surface area contributed by atoms with Gasteiger partial charge in [0, 0.05) is 5.56 Å². The standard InChI is InChI=1S/C12H16O4/c1-8-4-5-11(10(6-8)7-13)16-9(2)12(14)15-3/h4-6,9,13H,7H2,1-3H3. The Labute approximate surface area is 94.8 Å². The molecule has 0 spiro atoms. The first-order chi connectivity index (χ1) is 7.58. The van der Waals surface area contributed by atoms with Crippen molar-refractivity contribution in [3.05, 3.63) is 29.3 Å². The number of rotatable bonds is 4. The van der Waals surface area contributed by atoms with Crippen LogP contribution in [0.25, 0.3) is 0 Å². The normalized spacial score (nSPS) is 12.0. The lowest BCUT2D eigenvalue weighted by Crippen LogP contribution is -2.25. The molecule has 1 N–H and O–H groups in total. The van der Waals surface area contributed by atoms with Crippen LogP contribution >= 0.6 is 0 Å². The maximum absolute atomic E-state index is 11.2. The van der Waals surface area contributed by atoms with Gasteiger partial charge in [-0.05, 0) is 19.9 Å². The predicted octanol–water partition coefficient (Wildman–Crippen LogP) is 1.43. The molecule has 4 nitrogen and oxygen atoms in total. The minimum Gasteiger partial charge on any atom is -0.479 e. The van der Waals surface area contributed by atoms with Gasteiger partial charge in [0.15, 0.2) is 6.10 Å². The highest BCUT2D eigenvalue weighted by molar-refractivity contribution is 5.74. The summed E-state index contributed by atoms with van der Waals surface area (Å²) in [4.78, 5) is 11.2. The SMILES string of the molecule is COC(=O)C(C)Oc1ccc(C)cc1CO. The van der Waals surface area contributed by atoms with E-state index in [1.807, 2.05) is 19.1 Å². The molecule has 4 heteroatoms. The van der Waals surface area contributed by atoms with Crippen LogP contribution in [0.5, 0.6) is 5.75 Å². The van der Waals surface area contributed by atoms with Crippen LogP contribution in [-0.2, 0) is 16.1 Å². The zero-order chi connectivity index (χ0) is 12.1. The van der Waals surface area contributed by atoms with E-state index in [0.29, 0.717) is 11.3 Å². The zero-order valence-electron chi connectivity index (χ0n) is 9.69. The molecule has 1 atom stereocenters. The van der Waals surface area contributed by atoms with Crippen molar-refractivity contribution in [2.45, 2.75) is 26.6 Å². The van der Waals surface area contributed by atoms with Crippen LogP contribution in [0.15, 0.2) is 18.2 Å². The van der Waals surface area contributed by atoms with Gasteiger partial charge in [-0.25, -0.2) is 4.79 Å². The second kappa shape index (κ2) is 5.51. The summed E-state index contributed by atoms with van der Waals surface area (Å²) in [5, 5.41) is 9.16. The average molecular weight is 224 g/mol. The van der Waals surface area contributed by atoms with Crippen LogP contribution in [0.2, 0.25) is 0 Å². The maximum atomic E-state index is 11.2. The summed E-state index contributed by atoms with van der Waals surface area (Å²) >= 11 is 0.